The van der Waals surface area contributed by atoms with Crippen LogP contribution in [0, 0.1) is 0 Å². The third kappa shape index (κ3) is 1.99. The number of fused-ring (bicyclic) bond motifs is 1. The Balaban J connectivity index is 2.33. The molecule has 7 heteroatoms. The van der Waals surface area contributed by atoms with Gasteiger partial charge in [0.1, 0.15) is 17.6 Å². The molecular formula is C9H11N5OS. The number of hydrogen-bond donors (Lipinski definition) is 2. The SMILES string of the molecule is CC(=O)C(C)Sc1nc2ncnc(N)c2[nH]1. The Hall–Kier alpha value is -1.63. The molecule has 16 heavy (non-hydrogen) atoms. The number of imidazole rings is 1. The fraction of sp³-hybridized carbons (Fsp3) is 0.333. The standard InChI is InChI=1S/C9H11N5OS/c1-4(15)5(2)16-9-13-6-7(10)11-3-12-8(6)14-9/h3,5H,1-2H3,(H3,10,11,12,13,14). The summed E-state index contributed by atoms with van der Waals surface area (Å²) >= 11 is 1.35. The number of ketones is 1. The van der Waals surface area contributed by atoms with E-state index in [0.717, 1.165) is 0 Å². The molecule has 0 amide bonds. The summed E-state index contributed by atoms with van der Waals surface area (Å²) in [5.41, 5.74) is 6.79. The number of rotatable bonds is 3. The number of nitrogens with one attached hydrogen (secondary N) is 1. The molecule has 0 saturated carbocycles. The number of Topliss-reactive ketones (excluding diaryl/α,β-unsaturated/α-hetero) is 1. The zero-order valence-corrected chi connectivity index (χ0v) is 9.71. The number of anilines is 1. The molecule has 0 fully saturated rings. The average Bonchev–Trinajstić information content (AvgIpc) is 2.61. The van der Waals surface area contributed by atoms with Gasteiger partial charge >= 0.3 is 0 Å². The molecule has 0 saturated heterocycles. The quantitative estimate of drug-likeness (QED) is 0.773. The molecular weight excluding hydrogens is 226 g/mol. The fourth-order valence-corrected chi connectivity index (χ4v) is 1.93. The highest BCUT2D eigenvalue weighted by atomic mass is 32.2. The van der Waals surface area contributed by atoms with Gasteiger partial charge in [-0.25, -0.2) is 15.0 Å². The minimum atomic E-state index is -0.144. The second-order valence-corrected chi connectivity index (χ2v) is 4.70. The van der Waals surface area contributed by atoms with Crippen molar-refractivity contribution in [1.29, 1.82) is 0 Å². The lowest BCUT2D eigenvalue weighted by Gasteiger charge is -2.02. The summed E-state index contributed by atoms with van der Waals surface area (Å²) in [5, 5.41) is 0.486. The molecule has 1 unspecified atom stereocenters. The van der Waals surface area contributed by atoms with Gasteiger partial charge in [0.2, 0.25) is 0 Å². The van der Waals surface area contributed by atoms with Gasteiger partial charge in [-0.1, -0.05) is 11.8 Å². The van der Waals surface area contributed by atoms with Crippen LogP contribution in [0.1, 0.15) is 13.8 Å². The van der Waals surface area contributed by atoms with Gasteiger partial charge in [0.15, 0.2) is 16.6 Å². The van der Waals surface area contributed by atoms with E-state index in [1.165, 1.54) is 18.1 Å². The van der Waals surface area contributed by atoms with E-state index in [2.05, 4.69) is 19.9 Å². The Kier molecular flexibility index (Phi) is 2.78. The van der Waals surface area contributed by atoms with Gasteiger partial charge in [0, 0.05) is 0 Å². The van der Waals surface area contributed by atoms with Crippen LogP contribution in [-0.2, 0) is 4.79 Å². The first-order valence-electron chi connectivity index (χ1n) is 4.71. The second kappa shape index (κ2) is 4.09. The summed E-state index contributed by atoms with van der Waals surface area (Å²) in [6.07, 6.45) is 1.36. The molecule has 0 aliphatic heterocycles. The van der Waals surface area contributed by atoms with Crippen LogP contribution in [-0.4, -0.2) is 31.0 Å². The number of nitrogens with zero attached hydrogens (tertiary/aromatic N) is 3. The molecule has 2 rings (SSSR count). The summed E-state index contributed by atoms with van der Waals surface area (Å²) in [5.74, 6) is 0.462. The number of H-pyrrole nitrogens is 1. The Labute approximate surface area is 96.1 Å². The number of hydrogen-bond acceptors (Lipinski definition) is 6. The summed E-state index contributed by atoms with van der Waals surface area (Å²) in [6.45, 7) is 3.38. The fourth-order valence-electron chi connectivity index (χ4n) is 1.13. The van der Waals surface area contributed by atoms with Crippen molar-refractivity contribution in [2.45, 2.75) is 24.3 Å². The molecule has 0 bridgehead atoms. The number of nitrogen functional groups attached to an aromatic ring is 1. The third-order valence-corrected chi connectivity index (χ3v) is 3.26. The van der Waals surface area contributed by atoms with Crippen LogP contribution < -0.4 is 5.73 Å². The normalized spacial score (nSPS) is 12.9. The smallest absolute Gasteiger partial charge is 0.183 e. The molecule has 0 aromatic carbocycles. The van der Waals surface area contributed by atoms with E-state index in [0.29, 0.717) is 22.1 Å². The van der Waals surface area contributed by atoms with Crippen molar-refractivity contribution in [3.05, 3.63) is 6.33 Å². The predicted octanol–water partition coefficient (Wildman–Crippen LogP) is 1.00. The Morgan fingerprint density at radius 2 is 2.31 bits per heavy atom. The topological polar surface area (TPSA) is 97.6 Å². The summed E-state index contributed by atoms with van der Waals surface area (Å²) < 4.78 is 0. The highest BCUT2D eigenvalue weighted by Gasteiger charge is 2.13. The maximum atomic E-state index is 11.1. The number of thioether (sulfide) groups is 1. The maximum Gasteiger partial charge on any atom is 0.183 e. The van der Waals surface area contributed by atoms with E-state index in [4.69, 9.17) is 5.73 Å². The zero-order valence-electron chi connectivity index (χ0n) is 8.89. The molecule has 2 heterocycles. The molecule has 2 aromatic rings. The van der Waals surface area contributed by atoms with Crippen molar-refractivity contribution < 1.29 is 4.79 Å². The Morgan fingerprint density at radius 1 is 1.56 bits per heavy atom. The van der Waals surface area contributed by atoms with Crippen LogP contribution in [0.2, 0.25) is 0 Å². The maximum absolute atomic E-state index is 11.1. The average molecular weight is 237 g/mol. The van der Waals surface area contributed by atoms with Crippen LogP contribution in [0.4, 0.5) is 5.82 Å². The van der Waals surface area contributed by atoms with Crippen LogP contribution in [0.5, 0.6) is 0 Å². The minimum absolute atomic E-state index is 0.101. The molecule has 84 valence electrons. The molecule has 6 nitrogen and oxygen atoms in total. The summed E-state index contributed by atoms with van der Waals surface area (Å²) in [6, 6.07) is 0. The van der Waals surface area contributed by atoms with Crippen molar-refractivity contribution >= 4 is 34.5 Å². The Morgan fingerprint density at radius 3 is 2.94 bits per heavy atom. The van der Waals surface area contributed by atoms with Gasteiger partial charge in [-0.2, -0.15) is 0 Å². The second-order valence-electron chi connectivity index (χ2n) is 3.37. The Bertz CT molecular complexity index is 538. The number of nitrogens with two attached hydrogens (primary N) is 1. The van der Waals surface area contributed by atoms with E-state index in [9.17, 15) is 4.79 Å². The molecule has 2 aromatic heterocycles. The van der Waals surface area contributed by atoms with Gasteiger partial charge < -0.3 is 10.7 Å². The molecule has 0 aliphatic rings. The van der Waals surface area contributed by atoms with Gasteiger partial charge in [-0.3, -0.25) is 4.79 Å². The number of carbonyl (C=O) groups excluding carboxylic acids is 1. The van der Waals surface area contributed by atoms with Crippen LogP contribution in [0.15, 0.2) is 11.5 Å². The first-order chi connectivity index (χ1) is 7.58. The highest BCUT2D eigenvalue weighted by Crippen LogP contribution is 2.24. The summed E-state index contributed by atoms with van der Waals surface area (Å²) in [4.78, 5) is 26.2. The van der Waals surface area contributed by atoms with Crippen molar-refractivity contribution in [3.63, 3.8) is 0 Å². The van der Waals surface area contributed by atoms with Gasteiger partial charge in [0.05, 0.1) is 5.25 Å². The molecule has 0 radical (unpaired) electrons. The lowest BCUT2D eigenvalue weighted by atomic mass is 10.3. The summed E-state index contributed by atoms with van der Waals surface area (Å²) in [7, 11) is 0. The van der Waals surface area contributed by atoms with Crippen LogP contribution >= 0.6 is 11.8 Å². The van der Waals surface area contributed by atoms with Gasteiger partial charge in [-0.15, -0.1) is 0 Å². The van der Waals surface area contributed by atoms with Crippen LogP contribution in [0.3, 0.4) is 0 Å². The first kappa shape index (κ1) is 10.9. The minimum Gasteiger partial charge on any atom is -0.382 e. The van der Waals surface area contributed by atoms with Crippen molar-refractivity contribution in [2.24, 2.45) is 0 Å². The number of carbonyl (C=O) groups is 1. The van der Waals surface area contributed by atoms with Gasteiger partial charge in [-0.05, 0) is 13.8 Å². The highest BCUT2D eigenvalue weighted by molar-refractivity contribution is 8.00. The monoisotopic (exact) mass is 237 g/mol. The third-order valence-electron chi connectivity index (χ3n) is 2.16. The molecule has 0 aliphatic carbocycles. The molecule has 1 atom stereocenters. The van der Waals surface area contributed by atoms with E-state index < -0.39 is 0 Å². The number of aromatic amines is 1. The predicted molar refractivity (Wildman–Crippen MR) is 62.1 cm³/mol. The first-order valence-corrected chi connectivity index (χ1v) is 5.59. The van der Waals surface area contributed by atoms with E-state index in [-0.39, 0.29) is 11.0 Å². The van der Waals surface area contributed by atoms with Crippen LogP contribution in [0.25, 0.3) is 11.2 Å². The van der Waals surface area contributed by atoms with E-state index in [1.54, 1.807) is 6.92 Å². The lowest BCUT2D eigenvalue weighted by molar-refractivity contribution is -0.116. The van der Waals surface area contributed by atoms with Crippen molar-refractivity contribution in [2.75, 3.05) is 5.73 Å². The number of aromatic nitrogens is 4. The molecule has 0 spiro atoms. The lowest BCUT2D eigenvalue weighted by Crippen LogP contribution is -2.07. The van der Waals surface area contributed by atoms with E-state index in [1.807, 2.05) is 6.92 Å². The molecule has 3 N–H and O–H groups in total. The zero-order chi connectivity index (χ0) is 11.7. The van der Waals surface area contributed by atoms with Crippen molar-refractivity contribution in [1.82, 2.24) is 19.9 Å². The van der Waals surface area contributed by atoms with E-state index >= 15 is 0 Å². The van der Waals surface area contributed by atoms with Gasteiger partial charge in [0.25, 0.3) is 0 Å². The largest absolute Gasteiger partial charge is 0.382 e. The van der Waals surface area contributed by atoms with Crippen molar-refractivity contribution in [3.8, 4) is 0 Å².